The standard InChI is InChI=1S/C15H25N3O2S/c1-3-18(12-13-8-6-7-11-17-13)14-9-4-5-10-15(14)21(19,20)16-2/h4-5,9-10,13,16-17H,3,6-8,11-12H2,1-2H3. The van der Waals surface area contributed by atoms with Crippen LogP contribution in [0.2, 0.25) is 0 Å². The Bertz CT molecular complexity index is 554. The first kappa shape index (κ1) is 16.3. The van der Waals surface area contributed by atoms with Crippen molar-refractivity contribution < 1.29 is 8.42 Å². The molecule has 0 aliphatic carbocycles. The van der Waals surface area contributed by atoms with Gasteiger partial charge in [-0.1, -0.05) is 18.6 Å². The summed E-state index contributed by atoms with van der Waals surface area (Å²) < 4.78 is 26.8. The SMILES string of the molecule is CCN(CC1CCCCN1)c1ccccc1S(=O)(=O)NC. The van der Waals surface area contributed by atoms with Crippen molar-refractivity contribution in [3.05, 3.63) is 24.3 Å². The number of sulfonamides is 1. The molecule has 1 atom stereocenters. The second-order valence-corrected chi connectivity index (χ2v) is 7.22. The molecule has 0 radical (unpaired) electrons. The smallest absolute Gasteiger partial charge is 0.242 e. The number of rotatable bonds is 6. The van der Waals surface area contributed by atoms with Crippen LogP contribution in [0.15, 0.2) is 29.2 Å². The topological polar surface area (TPSA) is 61.4 Å². The zero-order valence-electron chi connectivity index (χ0n) is 12.8. The minimum Gasteiger partial charge on any atom is -0.369 e. The van der Waals surface area contributed by atoms with E-state index < -0.39 is 10.0 Å². The fourth-order valence-electron chi connectivity index (χ4n) is 2.80. The van der Waals surface area contributed by atoms with Gasteiger partial charge >= 0.3 is 0 Å². The van der Waals surface area contributed by atoms with Gasteiger partial charge in [-0.3, -0.25) is 0 Å². The summed E-state index contributed by atoms with van der Waals surface area (Å²) in [7, 11) is -1.99. The van der Waals surface area contributed by atoms with Gasteiger partial charge in [-0.25, -0.2) is 13.1 Å². The average Bonchev–Trinajstić information content (AvgIpc) is 2.53. The summed E-state index contributed by atoms with van der Waals surface area (Å²) in [6.07, 6.45) is 3.62. The Balaban J connectivity index is 2.25. The van der Waals surface area contributed by atoms with Crippen molar-refractivity contribution in [2.75, 3.05) is 31.6 Å². The predicted octanol–water partition coefficient (Wildman–Crippen LogP) is 1.56. The second-order valence-electron chi connectivity index (χ2n) is 5.36. The Hall–Kier alpha value is -1.11. The van der Waals surface area contributed by atoms with E-state index >= 15 is 0 Å². The fraction of sp³-hybridized carbons (Fsp3) is 0.600. The van der Waals surface area contributed by atoms with Gasteiger partial charge in [0.25, 0.3) is 0 Å². The summed E-state index contributed by atoms with van der Waals surface area (Å²) in [6.45, 7) is 4.74. The van der Waals surface area contributed by atoms with E-state index in [1.54, 1.807) is 12.1 Å². The van der Waals surface area contributed by atoms with Crippen LogP contribution < -0.4 is 14.9 Å². The number of nitrogens with zero attached hydrogens (tertiary/aromatic N) is 1. The molecule has 0 aromatic heterocycles. The fourth-order valence-corrected chi connectivity index (χ4v) is 3.75. The third-order valence-corrected chi connectivity index (χ3v) is 5.46. The van der Waals surface area contributed by atoms with Gasteiger partial charge in [0.15, 0.2) is 0 Å². The average molecular weight is 311 g/mol. The van der Waals surface area contributed by atoms with E-state index in [9.17, 15) is 8.42 Å². The number of anilines is 1. The summed E-state index contributed by atoms with van der Waals surface area (Å²) in [5.41, 5.74) is 0.779. The van der Waals surface area contributed by atoms with E-state index in [1.807, 2.05) is 12.1 Å². The highest BCUT2D eigenvalue weighted by Gasteiger charge is 2.22. The maximum Gasteiger partial charge on any atom is 0.242 e. The highest BCUT2D eigenvalue weighted by Crippen LogP contribution is 2.25. The number of likely N-dealkylation sites (N-methyl/N-ethyl adjacent to an activating group) is 1. The van der Waals surface area contributed by atoms with E-state index in [0.717, 1.165) is 31.7 Å². The molecule has 1 aromatic carbocycles. The minimum absolute atomic E-state index is 0.352. The number of hydrogen-bond acceptors (Lipinski definition) is 4. The summed E-state index contributed by atoms with van der Waals surface area (Å²) in [6, 6.07) is 7.64. The lowest BCUT2D eigenvalue weighted by Crippen LogP contribution is -2.44. The highest BCUT2D eigenvalue weighted by atomic mass is 32.2. The summed E-state index contributed by atoms with van der Waals surface area (Å²) >= 11 is 0. The van der Waals surface area contributed by atoms with Gasteiger partial charge in [0.05, 0.1) is 5.69 Å². The van der Waals surface area contributed by atoms with Crippen LogP contribution in [-0.4, -0.2) is 41.1 Å². The molecule has 1 fully saturated rings. The number of hydrogen-bond donors (Lipinski definition) is 2. The quantitative estimate of drug-likeness (QED) is 0.837. The van der Waals surface area contributed by atoms with Crippen LogP contribution in [0.1, 0.15) is 26.2 Å². The van der Waals surface area contributed by atoms with E-state index in [-0.39, 0.29) is 0 Å². The van der Waals surface area contributed by atoms with Gasteiger partial charge in [0, 0.05) is 19.1 Å². The van der Waals surface area contributed by atoms with Crippen molar-refractivity contribution in [3.8, 4) is 0 Å². The van der Waals surface area contributed by atoms with Crippen molar-refractivity contribution in [1.82, 2.24) is 10.0 Å². The van der Waals surface area contributed by atoms with Gasteiger partial charge in [-0.2, -0.15) is 0 Å². The predicted molar refractivity (Wildman–Crippen MR) is 86.2 cm³/mol. The maximum atomic E-state index is 12.2. The summed E-state index contributed by atoms with van der Waals surface area (Å²) in [4.78, 5) is 2.50. The van der Waals surface area contributed by atoms with Crippen molar-refractivity contribution in [2.45, 2.75) is 37.1 Å². The Morgan fingerprint density at radius 1 is 1.33 bits per heavy atom. The molecule has 1 heterocycles. The van der Waals surface area contributed by atoms with Crippen LogP contribution >= 0.6 is 0 Å². The van der Waals surface area contributed by atoms with E-state index in [1.165, 1.54) is 19.9 Å². The lowest BCUT2D eigenvalue weighted by Gasteiger charge is -2.32. The van der Waals surface area contributed by atoms with Gasteiger partial charge in [-0.05, 0) is 45.5 Å². The molecule has 1 aliphatic rings. The first-order chi connectivity index (χ1) is 10.1. The molecule has 0 saturated carbocycles. The molecule has 118 valence electrons. The number of nitrogens with one attached hydrogen (secondary N) is 2. The Kier molecular flexibility index (Phi) is 5.61. The van der Waals surface area contributed by atoms with Crippen LogP contribution in [0.25, 0.3) is 0 Å². The molecule has 5 nitrogen and oxygen atoms in total. The molecule has 2 N–H and O–H groups in total. The van der Waals surface area contributed by atoms with E-state index in [0.29, 0.717) is 10.9 Å². The molecule has 1 saturated heterocycles. The van der Waals surface area contributed by atoms with Gasteiger partial charge in [0.1, 0.15) is 4.90 Å². The minimum atomic E-state index is -3.44. The third kappa shape index (κ3) is 3.96. The van der Waals surface area contributed by atoms with Crippen LogP contribution in [-0.2, 0) is 10.0 Å². The summed E-state index contributed by atoms with van der Waals surface area (Å²) in [5, 5.41) is 3.52. The van der Waals surface area contributed by atoms with Crippen molar-refractivity contribution in [3.63, 3.8) is 0 Å². The summed E-state index contributed by atoms with van der Waals surface area (Å²) in [5.74, 6) is 0. The Morgan fingerprint density at radius 3 is 2.71 bits per heavy atom. The van der Waals surface area contributed by atoms with E-state index in [4.69, 9.17) is 0 Å². The Labute approximate surface area is 127 Å². The van der Waals surface area contributed by atoms with Crippen molar-refractivity contribution >= 4 is 15.7 Å². The maximum absolute atomic E-state index is 12.2. The molecular weight excluding hydrogens is 286 g/mol. The largest absolute Gasteiger partial charge is 0.369 e. The molecule has 21 heavy (non-hydrogen) atoms. The molecule has 1 unspecified atom stereocenters. The molecule has 0 amide bonds. The van der Waals surface area contributed by atoms with Gasteiger partial charge < -0.3 is 10.2 Å². The molecular formula is C15H25N3O2S. The van der Waals surface area contributed by atoms with Crippen LogP contribution in [0.3, 0.4) is 0 Å². The first-order valence-electron chi connectivity index (χ1n) is 7.59. The molecule has 1 aliphatic heterocycles. The number of piperidine rings is 1. The lowest BCUT2D eigenvalue weighted by atomic mass is 10.0. The van der Waals surface area contributed by atoms with Crippen LogP contribution in [0.5, 0.6) is 0 Å². The van der Waals surface area contributed by atoms with E-state index in [2.05, 4.69) is 21.9 Å². The van der Waals surface area contributed by atoms with Crippen molar-refractivity contribution in [1.29, 1.82) is 0 Å². The van der Waals surface area contributed by atoms with Crippen molar-refractivity contribution in [2.24, 2.45) is 0 Å². The van der Waals surface area contributed by atoms with Crippen LogP contribution in [0, 0.1) is 0 Å². The molecule has 6 heteroatoms. The van der Waals surface area contributed by atoms with Crippen LogP contribution in [0.4, 0.5) is 5.69 Å². The van der Waals surface area contributed by atoms with Gasteiger partial charge in [-0.15, -0.1) is 0 Å². The second kappa shape index (κ2) is 7.24. The molecule has 0 bridgehead atoms. The molecule has 0 spiro atoms. The zero-order valence-corrected chi connectivity index (χ0v) is 13.6. The Morgan fingerprint density at radius 2 is 2.10 bits per heavy atom. The first-order valence-corrected chi connectivity index (χ1v) is 9.07. The normalized spacial score (nSPS) is 19.4. The molecule has 1 aromatic rings. The lowest BCUT2D eigenvalue weighted by molar-refractivity contribution is 0.400. The zero-order chi connectivity index (χ0) is 15.3. The monoisotopic (exact) mass is 311 g/mol. The third-order valence-electron chi connectivity index (χ3n) is 4.00. The number of para-hydroxylation sites is 1. The highest BCUT2D eigenvalue weighted by molar-refractivity contribution is 7.89. The van der Waals surface area contributed by atoms with Gasteiger partial charge in [0.2, 0.25) is 10.0 Å². The molecule has 2 rings (SSSR count). The number of benzene rings is 1.